The Morgan fingerprint density at radius 1 is 0.256 bits per heavy atom. The molecule has 0 aromatic heterocycles. The van der Waals surface area contributed by atoms with Gasteiger partial charge in [0.1, 0.15) is 121 Å². The standard InChI is InChI=1S/C87H158N2O36/c1-87(2,60-117-44-36-64(97)30-20-12-7-8-16-24-32-70(99)89-38-46-113-50-54-115-52-48-111-42-34-62(95)28-22-14-10-18-26-40-119-84-80(109)76(105)82(68(58-93)123-84)125-86-78(107)74(103)72(101)66(56-91)121-86)59-116-43-35-63(96)29-19-11-5-3-4-6-15-23-31-69(98)88-37-45-112-49-53-114-51-47-110-41-33-61(94)27-21-13-9-17-25-39-118-83-79(108)75(104)81(67(57-92)122-83)124-85-77(106)73(102)71(100)65(55-90)120-85/h65-68,71-86,90-93,100-109H,3-60H2,1-2H3,(H,88,98)(H,89,99). The van der Waals surface area contributed by atoms with Crippen molar-refractivity contribution in [3.8, 4) is 0 Å². The molecule has 0 aromatic rings. The molecule has 38 nitrogen and oxygen atoms in total. The number of ketones is 4. The fourth-order valence-corrected chi connectivity index (χ4v) is 14.4. The number of ether oxygens (including phenoxy) is 16. The molecule has 0 aliphatic carbocycles. The van der Waals surface area contributed by atoms with E-state index in [4.69, 9.17) is 75.8 Å². The van der Waals surface area contributed by atoms with Gasteiger partial charge in [-0.25, -0.2) is 0 Å². The number of amides is 2. The van der Waals surface area contributed by atoms with Crippen LogP contribution in [0.2, 0.25) is 0 Å². The summed E-state index contributed by atoms with van der Waals surface area (Å²) in [4.78, 5) is 74.2. The van der Waals surface area contributed by atoms with Crippen molar-refractivity contribution in [1.82, 2.24) is 10.6 Å². The van der Waals surface area contributed by atoms with E-state index in [9.17, 15) is 100 Å². The number of carbonyl (C=O) groups is 6. The molecule has 125 heavy (non-hydrogen) atoms. The Hall–Kier alpha value is -3.58. The Labute approximate surface area is 737 Å². The molecule has 4 fully saturated rings. The van der Waals surface area contributed by atoms with Crippen LogP contribution < -0.4 is 10.6 Å². The number of aliphatic hydroxyl groups is 14. The van der Waals surface area contributed by atoms with Gasteiger partial charge in [-0.2, -0.15) is 0 Å². The molecule has 20 atom stereocenters. The highest BCUT2D eigenvalue weighted by atomic mass is 16.8. The van der Waals surface area contributed by atoms with Crippen LogP contribution in [0.5, 0.6) is 0 Å². The summed E-state index contributed by atoms with van der Waals surface area (Å²) in [5, 5.41) is 148. The Balaban J connectivity index is 0.785. The van der Waals surface area contributed by atoms with Gasteiger partial charge in [-0.3, -0.25) is 28.8 Å². The van der Waals surface area contributed by atoms with Crippen LogP contribution in [0.4, 0.5) is 0 Å². The Morgan fingerprint density at radius 3 is 0.808 bits per heavy atom. The van der Waals surface area contributed by atoms with Gasteiger partial charge in [-0.05, 0) is 51.4 Å². The van der Waals surface area contributed by atoms with E-state index in [1.54, 1.807) is 0 Å². The minimum Gasteiger partial charge on any atom is -0.394 e. The highest BCUT2D eigenvalue weighted by molar-refractivity contribution is 5.79. The Kier molecular flexibility index (Phi) is 63.9. The van der Waals surface area contributed by atoms with Crippen molar-refractivity contribution >= 4 is 34.9 Å². The SMILES string of the molecule is CC(C)(COCCC(=O)CCCCCCCCCCC(=O)NCCOCCOCCOCCC(=O)CCCCCCCOC1OC(CO)C(OC2OC(CO)C(O)C(O)C2O)C(O)C1O)COCCC(=O)CCCCCCCCC(=O)NCCOCCOCCOCCC(=O)CCCCCCCOC1OC(CO)C(OC2OC(CO)C(O)C(O)C2O)C(O)C1O. The van der Waals surface area contributed by atoms with Crippen molar-refractivity contribution in [1.29, 1.82) is 0 Å². The molecule has 4 aliphatic rings. The van der Waals surface area contributed by atoms with Crippen molar-refractivity contribution in [3.05, 3.63) is 0 Å². The quantitative estimate of drug-likeness (QED) is 0.0380. The van der Waals surface area contributed by atoms with E-state index in [0.717, 1.165) is 141 Å². The molecule has 0 saturated carbocycles. The van der Waals surface area contributed by atoms with E-state index in [1.807, 2.05) is 13.8 Å². The summed E-state index contributed by atoms with van der Waals surface area (Å²) in [6, 6.07) is 0. The first kappa shape index (κ1) is 114. The van der Waals surface area contributed by atoms with E-state index < -0.39 is 149 Å². The smallest absolute Gasteiger partial charge is 0.220 e. The first-order valence-electron chi connectivity index (χ1n) is 46.0. The van der Waals surface area contributed by atoms with Crippen LogP contribution in [0.1, 0.15) is 232 Å². The van der Waals surface area contributed by atoms with E-state index in [2.05, 4.69) is 10.6 Å². The molecular weight excluding hydrogens is 1650 g/mol. The lowest BCUT2D eigenvalue weighted by molar-refractivity contribution is -0.359. The molecule has 16 N–H and O–H groups in total. The molecule has 38 heteroatoms. The van der Waals surface area contributed by atoms with Crippen molar-refractivity contribution < 1.29 is 176 Å². The molecule has 0 bridgehead atoms. The first-order valence-corrected chi connectivity index (χ1v) is 46.0. The van der Waals surface area contributed by atoms with Crippen molar-refractivity contribution in [2.75, 3.05) is 158 Å². The molecule has 4 aliphatic heterocycles. The van der Waals surface area contributed by atoms with Gasteiger partial charge < -0.3 is 158 Å². The van der Waals surface area contributed by atoms with Crippen LogP contribution in [0.15, 0.2) is 0 Å². The number of Topliss-reactive ketones (excluding diaryl/α,β-unsaturated/α-hetero) is 4. The molecular formula is C87H158N2O36. The summed E-state index contributed by atoms with van der Waals surface area (Å²) in [7, 11) is 0. The van der Waals surface area contributed by atoms with E-state index in [-0.39, 0.29) is 53.6 Å². The largest absolute Gasteiger partial charge is 0.394 e. The van der Waals surface area contributed by atoms with Gasteiger partial charge >= 0.3 is 0 Å². The van der Waals surface area contributed by atoms with Crippen LogP contribution >= 0.6 is 0 Å². The van der Waals surface area contributed by atoms with Crippen molar-refractivity contribution in [2.24, 2.45) is 5.41 Å². The maximum Gasteiger partial charge on any atom is 0.220 e. The zero-order valence-electron chi connectivity index (χ0n) is 74.3. The maximum absolute atomic E-state index is 12.5. The van der Waals surface area contributed by atoms with Crippen molar-refractivity contribution in [3.63, 3.8) is 0 Å². The molecule has 20 unspecified atom stereocenters. The lowest BCUT2D eigenvalue weighted by atomic mass is 9.96. The molecule has 4 saturated heterocycles. The zero-order valence-corrected chi connectivity index (χ0v) is 74.3. The number of carbonyl (C=O) groups excluding carboxylic acids is 6. The number of nitrogens with one attached hydrogen (secondary N) is 2. The zero-order chi connectivity index (χ0) is 91.3. The van der Waals surface area contributed by atoms with E-state index >= 15 is 0 Å². The second kappa shape index (κ2) is 70.2. The molecule has 0 spiro atoms. The number of hydrogen-bond acceptors (Lipinski definition) is 36. The Morgan fingerprint density at radius 2 is 0.504 bits per heavy atom. The monoisotopic (exact) mass is 1810 g/mol. The van der Waals surface area contributed by atoms with Crippen LogP contribution in [0.3, 0.4) is 0 Å². The van der Waals surface area contributed by atoms with Gasteiger partial charge in [0.2, 0.25) is 11.8 Å². The number of aliphatic hydroxyl groups excluding tert-OH is 14. The van der Waals surface area contributed by atoms with Crippen LogP contribution in [-0.4, -0.2) is 388 Å². The second-order valence-electron chi connectivity index (χ2n) is 33.5. The van der Waals surface area contributed by atoms with E-state index in [0.29, 0.717) is 196 Å². The number of hydrogen-bond donors (Lipinski definition) is 16. The topological polar surface area (TPSA) is 557 Å². The molecule has 732 valence electrons. The molecule has 2 amide bonds. The first-order chi connectivity index (χ1) is 60.4. The van der Waals surface area contributed by atoms with Crippen LogP contribution in [-0.2, 0) is 105 Å². The summed E-state index contributed by atoms with van der Waals surface area (Å²) in [6.45, 7) is 8.54. The predicted octanol–water partition coefficient (Wildman–Crippen LogP) is 1.20. The van der Waals surface area contributed by atoms with Crippen LogP contribution in [0, 0.1) is 5.41 Å². The third-order valence-corrected chi connectivity index (χ3v) is 22.1. The van der Waals surface area contributed by atoms with Gasteiger partial charge in [-0.15, -0.1) is 0 Å². The summed E-state index contributed by atoms with van der Waals surface area (Å²) in [6.07, 6.45) is -4.76. The number of rotatable bonds is 80. The van der Waals surface area contributed by atoms with Crippen molar-refractivity contribution in [2.45, 2.75) is 355 Å². The van der Waals surface area contributed by atoms with Gasteiger partial charge in [0, 0.05) is 95.9 Å². The fraction of sp³-hybridized carbons (Fsp3) is 0.931. The third-order valence-electron chi connectivity index (χ3n) is 22.1. The minimum absolute atomic E-state index is 0.00926. The van der Waals surface area contributed by atoms with Gasteiger partial charge in [0.25, 0.3) is 0 Å². The highest BCUT2D eigenvalue weighted by Crippen LogP contribution is 2.33. The second-order valence-corrected chi connectivity index (χ2v) is 33.5. The number of unbranched alkanes of at least 4 members (excludes halogenated alkanes) is 20. The highest BCUT2D eigenvalue weighted by Gasteiger charge is 2.53. The Bertz CT molecular complexity index is 2750. The van der Waals surface area contributed by atoms with Crippen LogP contribution in [0.25, 0.3) is 0 Å². The average Bonchev–Trinajstić information content (AvgIpc) is 0.787. The lowest BCUT2D eigenvalue weighted by Crippen LogP contribution is -2.64. The van der Waals surface area contributed by atoms with E-state index in [1.165, 1.54) is 0 Å². The molecule has 0 aromatic carbocycles. The predicted molar refractivity (Wildman–Crippen MR) is 448 cm³/mol. The van der Waals surface area contributed by atoms with Gasteiger partial charge in [0.05, 0.1) is 132 Å². The summed E-state index contributed by atoms with van der Waals surface area (Å²) >= 11 is 0. The maximum atomic E-state index is 12.5. The minimum atomic E-state index is -1.76. The summed E-state index contributed by atoms with van der Waals surface area (Å²) in [5.41, 5.74) is -0.255. The average molecular weight is 1810 g/mol. The molecule has 4 heterocycles. The summed E-state index contributed by atoms with van der Waals surface area (Å²) in [5.74, 6) is 0.622. The normalized spacial score (nSPS) is 26.6. The molecule has 4 rings (SSSR count). The lowest BCUT2D eigenvalue weighted by Gasteiger charge is -2.45. The summed E-state index contributed by atoms with van der Waals surface area (Å²) < 4.78 is 89.4. The fourth-order valence-electron chi connectivity index (χ4n) is 14.4. The molecule has 0 radical (unpaired) electrons. The van der Waals surface area contributed by atoms with Gasteiger partial charge in [0.15, 0.2) is 25.2 Å². The third kappa shape index (κ3) is 49.7. The van der Waals surface area contributed by atoms with Gasteiger partial charge in [-0.1, -0.05) is 117 Å².